The number of carboxylic acid groups (broad SMARTS) is 2. The average molecular weight is 390 g/mol. The molecule has 4 atom stereocenters. The number of rotatable bonds is 11. The molecule has 0 spiro atoms. The van der Waals surface area contributed by atoms with Crippen LogP contribution in [0.25, 0.3) is 0 Å². The molecule has 4 unspecified atom stereocenters. The molecule has 0 rings (SSSR count). The summed E-state index contributed by atoms with van der Waals surface area (Å²) in [5.74, 6) is -5.97. The van der Waals surface area contributed by atoms with Crippen molar-refractivity contribution in [1.29, 1.82) is 0 Å². The predicted octanol–water partition coefficient (Wildman–Crippen LogP) is -3.00. The van der Waals surface area contributed by atoms with Crippen molar-refractivity contribution in [2.24, 2.45) is 11.7 Å². The Labute approximate surface area is 155 Å². The number of nitrogens with two attached hydrogens (primary N) is 1. The number of aliphatic carboxylic acids is 2. The van der Waals surface area contributed by atoms with Gasteiger partial charge in [0.25, 0.3) is 0 Å². The molecule has 154 valence electrons. The number of carboxylic acids is 2. The van der Waals surface area contributed by atoms with Crippen LogP contribution in [0.5, 0.6) is 0 Å². The fraction of sp³-hybridized carbons (Fsp3) is 0.667. The number of hydrogen-bond donors (Lipinski definition) is 7. The SMILES string of the molecule is CC(C)C(NC(=O)C(NC(=O)C(CC(=O)O)NC(=O)CN)C(C)O)C(=O)O. The van der Waals surface area contributed by atoms with Gasteiger partial charge in [-0.3, -0.25) is 19.2 Å². The number of aliphatic hydroxyl groups is 1. The maximum atomic E-state index is 12.3. The summed E-state index contributed by atoms with van der Waals surface area (Å²) >= 11 is 0. The summed E-state index contributed by atoms with van der Waals surface area (Å²) in [6.07, 6.45) is -2.21. The van der Waals surface area contributed by atoms with E-state index in [-0.39, 0.29) is 0 Å². The van der Waals surface area contributed by atoms with Crippen LogP contribution in [0, 0.1) is 5.92 Å². The van der Waals surface area contributed by atoms with Crippen LogP contribution in [0.4, 0.5) is 0 Å². The molecule has 0 aromatic rings. The molecular formula is C15H26N4O8. The maximum Gasteiger partial charge on any atom is 0.326 e. The lowest BCUT2D eigenvalue weighted by molar-refractivity contribution is -0.145. The summed E-state index contributed by atoms with van der Waals surface area (Å²) in [6, 6.07) is -4.36. The Bertz CT molecular complexity index is 578. The Morgan fingerprint density at radius 3 is 1.78 bits per heavy atom. The molecule has 0 fully saturated rings. The van der Waals surface area contributed by atoms with Gasteiger partial charge in [-0.15, -0.1) is 0 Å². The van der Waals surface area contributed by atoms with Crippen molar-refractivity contribution in [2.75, 3.05) is 6.54 Å². The largest absolute Gasteiger partial charge is 0.481 e. The second kappa shape index (κ2) is 11.1. The normalized spacial score (nSPS) is 15.2. The van der Waals surface area contributed by atoms with E-state index in [4.69, 9.17) is 15.9 Å². The van der Waals surface area contributed by atoms with E-state index in [1.165, 1.54) is 6.92 Å². The third-order valence-electron chi connectivity index (χ3n) is 3.51. The van der Waals surface area contributed by atoms with Crippen molar-refractivity contribution in [3.63, 3.8) is 0 Å². The first-order valence-electron chi connectivity index (χ1n) is 8.13. The van der Waals surface area contributed by atoms with Crippen LogP contribution in [0.3, 0.4) is 0 Å². The molecule has 0 aliphatic heterocycles. The molecule has 0 saturated heterocycles. The standard InChI is InChI=1S/C15H26N4O8/c1-6(2)11(15(26)27)18-14(25)12(7(3)20)19-13(24)8(4-10(22)23)17-9(21)5-16/h6-8,11-12,20H,4-5,16H2,1-3H3,(H,17,21)(H,18,25)(H,19,24)(H,22,23)(H,26,27). The zero-order valence-electron chi connectivity index (χ0n) is 15.3. The summed E-state index contributed by atoms with van der Waals surface area (Å²) < 4.78 is 0. The van der Waals surface area contributed by atoms with Crippen molar-refractivity contribution in [3.05, 3.63) is 0 Å². The Balaban J connectivity index is 5.31. The van der Waals surface area contributed by atoms with Crippen LogP contribution in [-0.4, -0.2) is 75.8 Å². The molecule has 0 aliphatic rings. The van der Waals surface area contributed by atoms with Crippen molar-refractivity contribution in [3.8, 4) is 0 Å². The molecule has 12 heteroatoms. The Hall–Kier alpha value is -2.73. The highest BCUT2D eigenvalue weighted by molar-refractivity contribution is 5.95. The molecule has 0 aromatic heterocycles. The lowest BCUT2D eigenvalue weighted by Gasteiger charge is -2.26. The second-order valence-electron chi connectivity index (χ2n) is 6.22. The monoisotopic (exact) mass is 390 g/mol. The van der Waals surface area contributed by atoms with E-state index in [1.807, 2.05) is 0 Å². The minimum absolute atomic E-state index is 0.472. The van der Waals surface area contributed by atoms with Crippen molar-refractivity contribution >= 4 is 29.7 Å². The minimum Gasteiger partial charge on any atom is -0.481 e. The lowest BCUT2D eigenvalue weighted by Crippen LogP contribution is -2.60. The van der Waals surface area contributed by atoms with Crippen LogP contribution >= 0.6 is 0 Å². The van der Waals surface area contributed by atoms with E-state index in [0.29, 0.717) is 0 Å². The van der Waals surface area contributed by atoms with E-state index in [0.717, 1.165) is 0 Å². The molecule has 12 nitrogen and oxygen atoms in total. The van der Waals surface area contributed by atoms with E-state index in [9.17, 15) is 29.1 Å². The number of amides is 3. The Morgan fingerprint density at radius 1 is 0.889 bits per heavy atom. The van der Waals surface area contributed by atoms with E-state index in [2.05, 4.69) is 16.0 Å². The average Bonchev–Trinajstić information content (AvgIpc) is 2.54. The number of carbonyl (C=O) groups is 5. The predicted molar refractivity (Wildman–Crippen MR) is 91.3 cm³/mol. The van der Waals surface area contributed by atoms with Crippen molar-refractivity contribution < 1.29 is 39.3 Å². The topological polar surface area (TPSA) is 208 Å². The van der Waals surface area contributed by atoms with Gasteiger partial charge in [-0.05, 0) is 12.8 Å². The van der Waals surface area contributed by atoms with Crippen molar-refractivity contribution in [1.82, 2.24) is 16.0 Å². The van der Waals surface area contributed by atoms with Crippen molar-refractivity contribution in [2.45, 2.75) is 51.4 Å². The Morgan fingerprint density at radius 2 is 1.41 bits per heavy atom. The molecule has 8 N–H and O–H groups in total. The third kappa shape index (κ3) is 8.46. The highest BCUT2D eigenvalue weighted by Gasteiger charge is 2.33. The van der Waals surface area contributed by atoms with Crippen LogP contribution in [-0.2, 0) is 24.0 Å². The fourth-order valence-corrected chi connectivity index (χ4v) is 2.05. The number of aliphatic hydroxyl groups excluding tert-OH is 1. The second-order valence-corrected chi connectivity index (χ2v) is 6.22. The Kier molecular flexibility index (Phi) is 9.96. The molecule has 0 aromatic carbocycles. The van der Waals surface area contributed by atoms with Gasteiger partial charge >= 0.3 is 11.9 Å². The zero-order chi connectivity index (χ0) is 21.3. The smallest absolute Gasteiger partial charge is 0.326 e. The first-order valence-corrected chi connectivity index (χ1v) is 8.13. The molecule has 0 heterocycles. The van der Waals surface area contributed by atoms with Gasteiger partial charge in [-0.2, -0.15) is 0 Å². The van der Waals surface area contributed by atoms with Gasteiger partial charge < -0.3 is 37.0 Å². The zero-order valence-corrected chi connectivity index (χ0v) is 15.3. The molecule has 3 amide bonds. The summed E-state index contributed by atoms with van der Waals surface area (Å²) in [7, 11) is 0. The molecule has 0 saturated carbocycles. The number of carbonyl (C=O) groups excluding carboxylic acids is 3. The van der Waals surface area contributed by atoms with Gasteiger partial charge in [0.15, 0.2) is 0 Å². The van der Waals surface area contributed by atoms with Gasteiger partial charge in [-0.1, -0.05) is 13.8 Å². The molecule has 0 radical (unpaired) electrons. The van der Waals surface area contributed by atoms with Gasteiger partial charge in [0.1, 0.15) is 18.1 Å². The molecule has 0 aliphatic carbocycles. The quantitative estimate of drug-likeness (QED) is 0.191. The van der Waals surface area contributed by atoms with Crippen LogP contribution in [0.2, 0.25) is 0 Å². The molecule has 27 heavy (non-hydrogen) atoms. The van der Waals surface area contributed by atoms with Gasteiger partial charge in [0, 0.05) is 0 Å². The van der Waals surface area contributed by atoms with E-state index in [1.54, 1.807) is 13.8 Å². The highest BCUT2D eigenvalue weighted by atomic mass is 16.4. The number of nitrogens with one attached hydrogen (secondary N) is 3. The molecule has 0 bridgehead atoms. The first kappa shape index (κ1) is 24.3. The summed E-state index contributed by atoms with van der Waals surface area (Å²) in [5.41, 5.74) is 5.11. The van der Waals surface area contributed by atoms with E-state index < -0.39 is 72.8 Å². The number of hydrogen-bond acceptors (Lipinski definition) is 7. The minimum atomic E-state index is -1.57. The van der Waals surface area contributed by atoms with Gasteiger partial charge in [-0.25, -0.2) is 4.79 Å². The van der Waals surface area contributed by atoms with Crippen LogP contribution in [0.1, 0.15) is 27.2 Å². The summed E-state index contributed by atoms with van der Waals surface area (Å²) in [5, 5.41) is 34.2. The highest BCUT2D eigenvalue weighted by Crippen LogP contribution is 2.04. The maximum absolute atomic E-state index is 12.3. The third-order valence-corrected chi connectivity index (χ3v) is 3.51. The summed E-state index contributed by atoms with van der Waals surface area (Å²) in [6.45, 7) is 3.80. The molecular weight excluding hydrogens is 364 g/mol. The lowest BCUT2D eigenvalue weighted by atomic mass is 10.0. The first-order chi connectivity index (χ1) is 12.4. The summed E-state index contributed by atoms with van der Waals surface area (Å²) in [4.78, 5) is 58.0. The van der Waals surface area contributed by atoms with E-state index >= 15 is 0 Å². The van der Waals surface area contributed by atoms with Crippen LogP contribution < -0.4 is 21.7 Å². The van der Waals surface area contributed by atoms with Crippen LogP contribution in [0.15, 0.2) is 0 Å². The fourth-order valence-electron chi connectivity index (χ4n) is 2.05. The van der Waals surface area contributed by atoms with Gasteiger partial charge in [0.2, 0.25) is 17.7 Å². The van der Waals surface area contributed by atoms with Gasteiger partial charge in [0.05, 0.1) is 19.1 Å².